The van der Waals surface area contributed by atoms with E-state index in [1.54, 1.807) is 23.8 Å². The van der Waals surface area contributed by atoms with E-state index in [-0.39, 0.29) is 0 Å². The third-order valence-electron chi connectivity index (χ3n) is 2.94. The molecule has 20 heavy (non-hydrogen) atoms. The molecule has 5 nitrogen and oxygen atoms in total. The van der Waals surface area contributed by atoms with Crippen LogP contribution in [0.1, 0.15) is 6.42 Å². The van der Waals surface area contributed by atoms with Crippen LogP contribution in [0.5, 0.6) is 0 Å². The van der Waals surface area contributed by atoms with Gasteiger partial charge in [-0.3, -0.25) is 9.59 Å². The van der Waals surface area contributed by atoms with Gasteiger partial charge in [0.15, 0.2) is 0 Å². The first-order valence-corrected chi connectivity index (χ1v) is 7.19. The van der Waals surface area contributed by atoms with Gasteiger partial charge in [0.1, 0.15) is 0 Å². The molecule has 0 spiro atoms. The number of hydrogen-bond acceptors (Lipinski definition) is 5. The monoisotopic (exact) mass is 297 g/mol. The van der Waals surface area contributed by atoms with Crippen molar-refractivity contribution in [2.24, 2.45) is 0 Å². The van der Waals surface area contributed by atoms with Gasteiger partial charge in [-0.05, 0) is 17.7 Å². The lowest BCUT2D eigenvalue weighted by Crippen LogP contribution is -2.34. The molecule has 0 saturated carbocycles. The molecule has 1 aliphatic carbocycles. The molecule has 0 bridgehead atoms. The number of aliphatic hydroxyl groups is 1. The Morgan fingerprint density at radius 2 is 2.20 bits per heavy atom. The fourth-order valence-electron chi connectivity index (χ4n) is 1.92. The molecule has 0 atom stereocenters. The van der Waals surface area contributed by atoms with E-state index in [2.05, 4.69) is 6.08 Å². The van der Waals surface area contributed by atoms with E-state index in [0.717, 1.165) is 35.5 Å². The first kappa shape index (κ1) is 16.5. The summed E-state index contributed by atoms with van der Waals surface area (Å²) in [6, 6.07) is 0. The summed E-state index contributed by atoms with van der Waals surface area (Å²) in [5.41, 5.74) is 1.09. The number of allylic oxidation sites excluding steroid dienone is 3. The zero-order chi connectivity index (χ0) is 15.0. The summed E-state index contributed by atoms with van der Waals surface area (Å²) in [5, 5.41) is 7.00. The summed E-state index contributed by atoms with van der Waals surface area (Å²) in [4.78, 5) is 24.8. The molecule has 1 aliphatic heterocycles. The molecule has 1 fully saturated rings. The smallest absolute Gasteiger partial charge is 0.287 e. The molecule has 0 unspecified atom stereocenters. The summed E-state index contributed by atoms with van der Waals surface area (Å²) in [5.74, 6) is 1.26. The van der Waals surface area contributed by atoms with Gasteiger partial charge in [0, 0.05) is 37.3 Å². The van der Waals surface area contributed by atoms with Crippen LogP contribution in [0.25, 0.3) is 0 Å². The number of thioether (sulfide) groups is 1. The molecule has 0 radical (unpaired) electrons. The van der Waals surface area contributed by atoms with Crippen LogP contribution in [0.2, 0.25) is 0 Å². The van der Waals surface area contributed by atoms with Gasteiger partial charge in [-0.25, -0.2) is 0 Å². The minimum Gasteiger partial charge on any atom is -0.501 e. The van der Waals surface area contributed by atoms with Crippen molar-refractivity contribution in [2.75, 3.05) is 33.1 Å². The van der Waals surface area contributed by atoms with Crippen LogP contribution < -0.4 is 0 Å². The third kappa shape index (κ3) is 4.25. The van der Waals surface area contributed by atoms with E-state index in [4.69, 9.17) is 9.84 Å². The Hall–Kier alpha value is -1.53. The molecule has 0 aromatic heterocycles. The van der Waals surface area contributed by atoms with Crippen molar-refractivity contribution in [3.05, 3.63) is 34.5 Å². The molecule has 6 heteroatoms. The Kier molecular flexibility index (Phi) is 7.11. The van der Waals surface area contributed by atoms with E-state index >= 15 is 0 Å². The maximum Gasteiger partial charge on any atom is 0.287 e. The number of hydrogen-bond donors (Lipinski definition) is 1. The largest absolute Gasteiger partial charge is 0.501 e. The van der Waals surface area contributed by atoms with Gasteiger partial charge in [0.2, 0.25) is 6.29 Å². The molecule has 110 valence electrons. The van der Waals surface area contributed by atoms with Crippen molar-refractivity contribution >= 4 is 24.0 Å². The number of methoxy groups -OCH3 is 1. The summed E-state index contributed by atoms with van der Waals surface area (Å²) in [6.45, 7) is 1.11. The van der Waals surface area contributed by atoms with Crippen LogP contribution in [-0.2, 0) is 14.3 Å². The number of aldehydes is 1. The lowest BCUT2D eigenvalue weighted by atomic mass is 10.2. The average Bonchev–Trinajstić information content (AvgIpc) is 2.81. The maximum atomic E-state index is 11.5. The van der Waals surface area contributed by atoms with Gasteiger partial charge in [-0.2, -0.15) is 0 Å². The Bertz CT molecular complexity index is 454. The highest BCUT2D eigenvalue weighted by Crippen LogP contribution is 2.31. The molecule has 0 aromatic rings. The number of ether oxygens (including phenoxy) is 1. The molecule has 1 heterocycles. The molecular weight excluding hydrogens is 278 g/mol. The normalized spacial score (nSPS) is 17.9. The van der Waals surface area contributed by atoms with E-state index in [1.165, 1.54) is 0 Å². The van der Waals surface area contributed by atoms with Crippen LogP contribution in [0, 0.1) is 0 Å². The number of aliphatic hydroxyl groups excluding tert-OH is 1. The Labute approximate surface area is 123 Å². The van der Waals surface area contributed by atoms with Gasteiger partial charge in [0.25, 0.3) is 5.91 Å². The summed E-state index contributed by atoms with van der Waals surface area (Å²) < 4.78 is 5.23. The summed E-state index contributed by atoms with van der Waals surface area (Å²) in [7, 11) is 2.65. The minimum atomic E-state index is -0.443. The van der Waals surface area contributed by atoms with Crippen molar-refractivity contribution in [2.45, 2.75) is 6.42 Å². The second-order valence-electron chi connectivity index (χ2n) is 4.03. The summed E-state index contributed by atoms with van der Waals surface area (Å²) >= 11 is 1.71. The van der Waals surface area contributed by atoms with Crippen molar-refractivity contribution < 1.29 is 19.4 Å². The SMILES string of the molecule is CO.COC1=CC=C2SCCN(C(=O)C=O)CC2=CC1. The molecule has 1 saturated heterocycles. The van der Waals surface area contributed by atoms with E-state index in [0.29, 0.717) is 19.4 Å². The van der Waals surface area contributed by atoms with Crippen LogP contribution in [0.4, 0.5) is 0 Å². The Balaban J connectivity index is 0.000000956. The molecule has 1 N–H and O–H groups in total. The first-order chi connectivity index (χ1) is 9.74. The fourth-order valence-corrected chi connectivity index (χ4v) is 2.95. The van der Waals surface area contributed by atoms with Crippen molar-refractivity contribution in [1.29, 1.82) is 0 Å². The molecular formula is C14H19NO4S. The van der Waals surface area contributed by atoms with Crippen LogP contribution >= 0.6 is 11.8 Å². The standard InChI is InChI=1S/C13H15NO3S.CH4O/c1-17-11-3-2-10-8-14(13(16)9-15)6-7-18-12(10)5-4-11;1-2/h2,4-5,9H,3,6-8H2,1H3;2H,1H3. The second kappa shape index (κ2) is 8.60. The van der Waals surface area contributed by atoms with Crippen molar-refractivity contribution in [3.63, 3.8) is 0 Å². The first-order valence-electron chi connectivity index (χ1n) is 6.20. The minimum absolute atomic E-state index is 0.384. The van der Waals surface area contributed by atoms with Crippen LogP contribution in [0.15, 0.2) is 34.5 Å². The number of fused-ring (bicyclic) bond motifs is 1. The van der Waals surface area contributed by atoms with Gasteiger partial charge >= 0.3 is 0 Å². The maximum absolute atomic E-state index is 11.5. The molecule has 0 aromatic carbocycles. The quantitative estimate of drug-likeness (QED) is 0.611. The fraction of sp³-hybridized carbons (Fsp3) is 0.429. The number of carbonyl (C=O) groups is 2. The van der Waals surface area contributed by atoms with E-state index in [1.807, 2.05) is 12.2 Å². The average molecular weight is 297 g/mol. The Morgan fingerprint density at radius 1 is 1.45 bits per heavy atom. The third-order valence-corrected chi connectivity index (χ3v) is 4.04. The van der Waals surface area contributed by atoms with E-state index in [9.17, 15) is 9.59 Å². The zero-order valence-corrected chi connectivity index (χ0v) is 12.5. The number of amides is 1. The second-order valence-corrected chi connectivity index (χ2v) is 5.16. The highest BCUT2D eigenvalue weighted by atomic mass is 32.2. The van der Waals surface area contributed by atoms with Crippen molar-refractivity contribution in [1.82, 2.24) is 4.90 Å². The highest BCUT2D eigenvalue weighted by molar-refractivity contribution is 8.03. The van der Waals surface area contributed by atoms with Gasteiger partial charge < -0.3 is 14.7 Å². The predicted octanol–water partition coefficient (Wildman–Crippen LogP) is 1.11. The van der Waals surface area contributed by atoms with Crippen LogP contribution in [-0.4, -0.2) is 55.3 Å². The highest BCUT2D eigenvalue weighted by Gasteiger charge is 2.21. The molecule has 2 aliphatic rings. The Morgan fingerprint density at radius 3 is 2.85 bits per heavy atom. The lowest BCUT2D eigenvalue weighted by Gasteiger charge is -2.17. The van der Waals surface area contributed by atoms with Gasteiger partial charge in [0.05, 0.1) is 12.9 Å². The lowest BCUT2D eigenvalue weighted by molar-refractivity contribution is -0.138. The van der Waals surface area contributed by atoms with Crippen molar-refractivity contribution in [3.8, 4) is 0 Å². The van der Waals surface area contributed by atoms with E-state index < -0.39 is 5.91 Å². The number of nitrogens with zero attached hydrogens (tertiary/aromatic N) is 1. The van der Waals surface area contributed by atoms with Crippen LogP contribution in [0.3, 0.4) is 0 Å². The zero-order valence-electron chi connectivity index (χ0n) is 11.7. The topological polar surface area (TPSA) is 66.8 Å². The molecule has 1 amide bonds. The number of carbonyl (C=O) groups excluding carboxylic acids is 2. The predicted molar refractivity (Wildman–Crippen MR) is 79.1 cm³/mol. The molecule has 2 rings (SSSR count). The van der Waals surface area contributed by atoms with Gasteiger partial charge in [-0.1, -0.05) is 6.08 Å². The summed E-state index contributed by atoms with van der Waals surface area (Å²) in [6.07, 6.45) is 7.16. The van der Waals surface area contributed by atoms with Gasteiger partial charge in [-0.15, -0.1) is 11.8 Å². The number of rotatable bonds is 2.